The van der Waals surface area contributed by atoms with Gasteiger partial charge in [-0.05, 0) is 43.0 Å². The van der Waals surface area contributed by atoms with Crippen molar-refractivity contribution in [2.75, 3.05) is 13.6 Å². The fourth-order valence-corrected chi connectivity index (χ4v) is 3.04. The molecule has 0 radical (unpaired) electrons. The lowest BCUT2D eigenvalue weighted by Crippen LogP contribution is -2.38. The largest absolute Gasteiger partial charge is 0.356 e. The first-order valence-electron chi connectivity index (χ1n) is 8.92. The van der Waals surface area contributed by atoms with E-state index in [4.69, 9.17) is 0 Å². The molecule has 1 aromatic carbocycles. The topological polar surface area (TPSA) is 54.2 Å². The molecule has 0 fully saturated rings. The Hall–Kier alpha value is -2.44. The third kappa shape index (κ3) is 4.80. The van der Waals surface area contributed by atoms with Gasteiger partial charge in [0, 0.05) is 38.4 Å². The van der Waals surface area contributed by atoms with Crippen LogP contribution in [-0.2, 0) is 32.9 Å². The maximum Gasteiger partial charge on any atom is 0.191 e. The van der Waals surface area contributed by atoms with Crippen LogP contribution in [0.5, 0.6) is 0 Å². The van der Waals surface area contributed by atoms with Crippen molar-refractivity contribution in [3.05, 3.63) is 52.3 Å². The summed E-state index contributed by atoms with van der Waals surface area (Å²) in [7, 11) is 3.64. The zero-order valence-corrected chi connectivity index (χ0v) is 15.9. The molecule has 0 aliphatic rings. The summed E-state index contributed by atoms with van der Waals surface area (Å²) in [5.41, 5.74) is 3.82. The van der Waals surface area contributed by atoms with Crippen molar-refractivity contribution in [2.45, 2.75) is 39.7 Å². The van der Waals surface area contributed by atoms with Gasteiger partial charge in [0.25, 0.3) is 0 Å². The van der Waals surface area contributed by atoms with Crippen LogP contribution in [0.1, 0.15) is 36.4 Å². The fourth-order valence-electron chi connectivity index (χ4n) is 3.04. The van der Waals surface area contributed by atoms with E-state index in [2.05, 4.69) is 34.6 Å². The lowest BCUT2D eigenvalue weighted by Gasteiger charge is -2.13. The highest BCUT2D eigenvalue weighted by Crippen LogP contribution is 2.15. The van der Waals surface area contributed by atoms with Gasteiger partial charge in [0.15, 0.2) is 5.96 Å². The first-order chi connectivity index (χ1) is 12.5. The molecule has 1 heterocycles. The van der Waals surface area contributed by atoms with Gasteiger partial charge >= 0.3 is 0 Å². The number of halogens is 2. The smallest absolute Gasteiger partial charge is 0.191 e. The summed E-state index contributed by atoms with van der Waals surface area (Å²) in [6.07, 6.45) is 2.15. The van der Waals surface area contributed by atoms with Gasteiger partial charge in [0.2, 0.25) is 0 Å². The van der Waals surface area contributed by atoms with Crippen molar-refractivity contribution in [3.8, 4) is 0 Å². The Bertz CT molecular complexity index is 768. The van der Waals surface area contributed by atoms with Crippen LogP contribution in [0.2, 0.25) is 0 Å². The van der Waals surface area contributed by atoms with Gasteiger partial charge in [-0.15, -0.1) is 0 Å². The van der Waals surface area contributed by atoms with E-state index in [1.165, 1.54) is 17.3 Å². The van der Waals surface area contributed by atoms with Gasteiger partial charge in [0.05, 0.1) is 5.69 Å². The molecule has 2 N–H and O–H groups in total. The minimum absolute atomic E-state index is 0.349. The van der Waals surface area contributed by atoms with Gasteiger partial charge in [0.1, 0.15) is 11.6 Å². The Morgan fingerprint density at radius 1 is 1.19 bits per heavy atom. The first-order valence-corrected chi connectivity index (χ1v) is 8.92. The standard InChI is InChI=1S/C19H27F2N5/c1-5-17-15(18(6-2)26(4)25-17)12-24-19(22-3)23-10-9-13-11-14(20)7-8-16(13)21/h7-8,11H,5-6,9-10,12H2,1-4H3,(H2,22,23,24). The third-order valence-corrected chi connectivity index (χ3v) is 4.38. The van der Waals surface area contributed by atoms with E-state index >= 15 is 0 Å². The Balaban J connectivity index is 1.93. The third-order valence-electron chi connectivity index (χ3n) is 4.38. The maximum absolute atomic E-state index is 13.7. The van der Waals surface area contributed by atoms with Crippen molar-refractivity contribution in [2.24, 2.45) is 12.0 Å². The second-order valence-electron chi connectivity index (χ2n) is 6.04. The molecule has 26 heavy (non-hydrogen) atoms. The van der Waals surface area contributed by atoms with Crippen LogP contribution >= 0.6 is 0 Å². The quantitative estimate of drug-likeness (QED) is 0.587. The molecule has 0 bridgehead atoms. The zero-order chi connectivity index (χ0) is 19.1. The number of aromatic nitrogens is 2. The van der Waals surface area contributed by atoms with Crippen LogP contribution in [0.15, 0.2) is 23.2 Å². The monoisotopic (exact) mass is 363 g/mol. The number of nitrogens with zero attached hydrogens (tertiary/aromatic N) is 3. The summed E-state index contributed by atoms with van der Waals surface area (Å²) < 4.78 is 28.8. The molecule has 2 aromatic rings. The van der Waals surface area contributed by atoms with E-state index in [0.29, 0.717) is 31.0 Å². The van der Waals surface area contributed by atoms with Crippen LogP contribution in [0.4, 0.5) is 8.78 Å². The van der Waals surface area contributed by atoms with Crippen LogP contribution in [0, 0.1) is 11.6 Å². The average molecular weight is 363 g/mol. The predicted molar refractivity (Wildman–Crippen MR) is 100 cm³/mol. The molecule has 0 saturated heterocycles. The van der Waals surface area contributed by atoms with Gasteiger partial charge in [-0.2, -0.15) is 5.10 Å². The summed E-state index contributed by atoms with van der Waals surface area (Å²) in [5, 5.41) is 11.0. The number of aryl methyl sites for hydroxylation is 2. The van der Waals surface area contributed by atoms with Gasteiger partial charge < -0.3 is 10.6 Å². The Labute approximate surface area is 153 Å². The second-order valence-corrected chi connectivity index (χ2v) is 6.04. The van der Waals surface area contributed by atoms with Crippen molar-refractivity contribution >= 4 is 5.96 Å². The summed E-state index contributed by atoms with van der Waals surface area (Å²) >= 11 is 0. The highest BCUT2D eigenvalue weighted by atomic mass is 19.1. The molecular weight excluding hydrogens is 336 g/mol. The van der Waals surface area contributed by atoms with Crippen LogP contribution < -0.4 is 10.6 Å². The molecule has 5 nitrogen and oxygen atoms in total. The van der Waals surface area contributed by atoms with E-state index in [1.807, 2.05) is 11.7 Å². The minimum Gasteiger partial charge on any atom is -0.356 e. The number of nitrogens with one attached hydrogen (secondary N) is 2. The summed E-state index contributed by atoms with van der Waals surface area (Å²) in [5.74, 6) is -0.207. The molecule has 142 valence electrons. The zero-order valence-electron chi connectivity index (χ0n) is 15.9. The number of benzene rings is 1. The highest BCUT2D eigenvalue weighted by Gasteiger charge is 2.13. The number of rotatable bonds is 7. The molecular formula is C19H27F2N5. The fraction of sp³-hybridized carbons (Fsp3) is 0.474. The lowest BCUT2D eigenvalue weighted by molar-refractivity contribution is 0.583. The molecule has 0 aliphatic carbocycles. The molecule has 0 amide bonds. The second kappa shape index (κ2) is 9.31. The van der Waals surface area contributed by atoms with Crippen LogP contribution in [0.3, 0.4) is 0 Å². The highest BCUT2D eigenvalue weighted by molar-refractivity contribution is 5.79. The first kappa shape index (κ1) is 19.9. The number of hydrogen-bond acceptors (Lipinski definition) is 2. The van der Waals surface area contributed by atoms with Gasteiger partial charge in [-0.3, -0.25) is 9.67 Å². The Morgan fingerprint density at radius 2 is 1.96 bits per heavy atom. The van der Waals surface area contributed by atoms with Crippen molar-refractivity contribution in [1.82, 2.24) is 20.4 Å². The molecule has 0 atom stereocenters. The molecule has 0 unspecified atom stereocenters. The lowest BCUT2D eigenvalue weighted by atomic mass is 10.1. The van der Waals surface area contributed by atoms with Gasteiger partial charge in [-0.1, -0.05) is 13.8 Å². The maximum atomic E-state index is 13.7. The van der Waals surface area contributed by atoms with Crippen LogP contribution in [-0.4, -0.2) is 29.3 Å². The summed E-state index contributed by atoms with van der Waals surface area (Å²) in [4.78, 5) is 4.19. The van der Waals surface area contributed by atoms with Crippen molar-refractivity contribution in [3.63, 3.8) is 0 Å². The minimum atomic E-state index is -0.431. The van der Waals surface area contributed by atoms with E-state index in [9.17, 15) is 8.78 Å². The van der Waals surface area contributed by atoms with Gasteiger partial charge in [-0.25, -0.2) is 8.78 Å². The van der Waals surface area contributed by atoms with E-state index in [0.717, 1.165) is 30.7 Å². The van der Waals surface area contributed by atoms with E-state index < -0.39 is 11.6 Å². The van der Waals surface area contributed by atoms with Crippen molar-refractivity contribution < 1.29 is 8.78 Å². The summed E-state index contributed by atoms with van der Waals surface area (Å²) in [6.45, 7) is 5.27. The summed E-state index contributed by atoms with van der Waals surface area (Å²) in [6, 6.07) is 3.50. The number of aliphatic imine (C=N–C) groups is 1. The SMILES string of the molecule is CCc1nn(C)c(CC)c1CNC(=NC)NCCc1cc(F)ccc1F. The molecule has 7 heteroatoms. The number of hydrogen-bond donors (Lipinski definition) is 2. The Morgan fingerprint density at radius 3 is 2.62 bits per heavy atom. The predicted octanol–water partition coefficient (Wildman–Crippen LogP) is 2.73. The van der Waals surface area contributed by atoms with Crippen molar-refractivity contribution in [1.29, 1.82) is 0 Å². The van der Waals surface area contributed by atoms with E-state index in [-0.39, 0.29) is 0 Å². The normalized spacial score (nSPS) is 11.7. The molecule has 0 saturated carbocycles. The molecule has 0 spiro atoms. The average Bonchev–Trinajstić information content (AvgIpc) is 2.95. The molecule has 0 aliphatic heterocycles. The number of guanidine groups is 1. The molecule has 1 aromatic heterocycles. The molecule has 2 rings (SSSR count). The van der Waals surface area contributed by atoms with Crippen LogP contribution in [0.25, 0.3) is 0 Å². The van der Waals surface area contributed by atoms with E-state index in [1.54, 1.807) is 7.05 Å². The Kier molecular flexibility index (Phi) is 7.12.